The van der Waals surface area contributed by atoms with E-state index in [1.807, 2.05) is 68.4 Å². The molecule has 0 fully saturated rings. The van der Waals surface area contributed by atoms with Gasteiger partial charge < -0.3 is 0 Å². The van der Waals surface area contributed by atoms with Crippen molar-refractivity contribution in [2.75, 3.05) is 5.75 Å². The van der Waals surface area contributed by atoms with Crippen molar-refractivity contribution in [3.8, 4) is 0 Å². The van der Waals surface area contributed by atoms with Crippen molar-refractivity contribution >= 4 is 46.4 Å². The minimum Gasteiger partial charge on any atom is -0.293 e. The molecule has 0 aliphatic rings. The Morgan fingerprint density at radius 1 is 0.963 bits per heavy atom. The second-order valence-corrected chi connectivity index (χ2v) is 9.69. The second-order valence-electron chi connectivity index (χ2n) is 5.90. The summed E-state index contributed by atoms with van der Waals surface area (Å²) in [6.07, 6.45) is 0. The van der Waals surface area contributed by atoms with Crippen LogP contribution < -0.4 is 0 Å². The van der Waals surface area contributed by atoms with Crippen LogP contribution >= 0.6 is 34.9 Å². The van der Waals surface area contributed by atoms with Crippen molar-refractivity contribution in [3.63, 3.8) is 0 Å². The van der Waals surface area contributed by atoms with Crippen LogP contribution in [0.25, 0.3) is 0 Å². The molecule has 0 aliphatic carbocycles. The van der Waals surface area contributed by atoms with Gasteiger partial charge in [-0.15, -0.1) is 10.2 Å². The third-order valence-electron chi connectivity index (χ3n) is 3.79. The molecule has 0 amide bonds. The van der Waals surface area contributed by atoms with E-state index in [-0.39, 0.29) is 16.8 Å². The van der Waals surface area contributed by atoms with Gasteiger partial charge in [-0.3, -0.25) is 9.59 Å². The van der Waals surface area contributed by atoms with Crippen LogP contribution in [-0.4, -0.2) is 32.8 Å². The van der Waals surface area contributed by atoms with Crippen molar-refractivity contribution in [1.29, 1.82) is 0 Å². The minimum absolute atomic E-state index is 0.0629. The van der Waals surface area contributed by atoms with Gasteiger partial charge in [-0.2, -0.15) is 0 Å². The molecule has 27 heavy (non-hydrogen) atoms. The Hall–Kier alpha value is -1.96. The standard InChI is InChI=1S/C20H18N2O2S3/c1-13-8-10-16(11-9-13)18(24)14(2)26-20-22-21-19(27-20)25-12-17(23)15-6-4-3-5-7-15/h3-11,14H,12H2,1-2H3/t14-/m1/s1. The van der Waals surface area contributed by atoms with E-state index in [0.717, 1.165) is 14.2 Å². The van der Waals surface area contributed by atoms with Crippen LogP contribution in [0.15, 0.2) is 63.3 Å². The summed E-state index contributed by atoms with van der Waals surface area (Å²) in [5.74, 6) is 0.456. The zero-order valence-corrected chi connectivity index (χ0v) is 17.4. The number of carbonyl (C=O) groups is 2. The maximum absolute atomic E-state index is 12.5. The molecule has 0 bridgehead atoms. The monoisotopic (exact) mass is 414 g/mol. The highest BCUT2D eigenvalue weighted by molar-refractivity contribution is 8.04. The molecule has 1 atom stereocenters. The van der Waals surface area contributed by atoms with E-state index in [0.29, 0.717) is 16.9 Å². The lowest BCUT2D eigenvalue weighted by molar-refractivity contribution is 0.0991. The highest BCUT2D eigenvalue weighted by Gasteiger charge is 2.19. The number of nitrogens with zero attached hydrogens (tertiary/aromatic N) is 2. The molecule has 0 spiro atoms. The molecule has 1 aromatic heterocycles. The van der Waals surface area contributed by atoms with Crippen LogP contribution in [0.5, 0.6) is 0 Å². The Morgan fingerprint density at radius 2 is 1.63 bits per heavy atom. The van der Waals surface area contributed by atoms with E-state index in [1.165, 1.54) is 34.9 Å². The molecule has 0 radical (unpaired) electrons. The van der Waals surface area contributed by atoms with Gasteiger partial charge >= 0.3 is 0 Å². The Bertz CT molecular complexity index is 924. The van der Waals surface area contributed by atoms with E-state index in [4.69, 9.17) is 0 Å². The summed E-state index contributed by atoms with van der Waals surface area (Å²) in [5, 5.41) is 8.02. The molecule has 0 aliphatic heterocycles. The summed E-state index contributed by atoms with van der Waals surface area (Å²) in [7, 11) is 0. The van der Waals surface area contributed by atoms with Gasteiger partial charge in [0.15, 0.2) is 20.2 Å². The van der Waals surface area contributed by atoms with Crippen LogP contribution in [-0.2, 0) is 0 Å². The van der Waals surface area contributed by atoms with Crippen LogP contribution in [0, 0.1) is 6.92 Å². The predicted molar refractivity (Wildman–Crippen MR) is 112 cm³/mol. The number of aryl methyl sites for hydroxylation is 1. The van der Waals surface area contributed by atoms with Gasteiger partial charge in [0.25, 0.3) is 0 Å². The molecule has 138 valence electrons. The first-order valence-corrected chi connectivity index (χ1v) is 11.0. The molecule has 0 unspecified atom stereocenters. The van der Waals surface area contributed by atoms with Crippen LogP contribution in [0.1, 0.15) is 33.2 Å². The quantitative estimate of drug-likeness (QED) is 0.374. The van der Waals surface area contributed by atoms with E-state index >= 15 is 0 Å². The van der Waals surface area contributed by atoms with Crippen molar-refractivity contribution in [2.45, 2.75) is 27.8 Å². The van der Waals surface area contributed by atoms with Gasteiger partial charge in [-0.05, 0) is 13.8 Å². The number of rotatable bonds is 8. The lowest BCUT2D eigenvalue weighted by Crippen LogP contribution is -2.13. The minimum atomic E-state index is -0.246. The molecule has 1 heterocycles. The fourth-order valence-electron chi connectivity index (χ4n) is 2.30. The second kappa shape index (κ2) is 9.30. The average molecular weight is 415 g/mol. The number of Topliss-reactive ketones (excluding diaryl/α,β-unsaturated/α-hetero) is 2. The molecule has 4 nitrogen and oxygen atoms in total. The van der Waals surface area contributed by atoms with Gasteiger partial charge in [0.1, 0.15) is 0 Å². The molecule has 0 N–H and O–H groups in total. The Labute approximate surface area is 170 Å². The lowest BCUT2D eigenvalue weighted by Gasteiger charge is -2.08. The van der Waals surface area contributed by atoms with E-state index in [1.54, 1.807) is 0 Å². The summed E-state index contributed by atoms with van der Waals surface area (Å²) in [6.45, 7) is 3.87. The fourth-order valence-corrected chi connectivity index (χ4v) is 5.43. The maximum atomic E-state index is 12.5. The molecule has 7 heteroatoms. The normalized spacial score (nSPS) is 11.9. The molecule has 3 aromatic rings. The third kappa shape index (κ3) is 5.51. The molecule has 2 aromatic carbocycles. The Balaban J connectivity index is 1.55. The van der Waals surface area contributed by atoms with E-state index in [9.17, 15) is 9.59 Å². The van der Waals surface area contributed by atoms with Gasteiger partial charge in [0.05, 0.1) is 11.0 Å². The predicted octanol–water partition coefficient (Wildman–Crippen LogP) is 5.19. The van der Waals surface area contributed by atoms with Gasteiger partial charge in [0.2, 0.25) is 0 Å². The topological polar surface area (TPSA) is 59.9 Å². The SMILES string of the molecule is Cc1ccc(C(=O)[C@@H](C)Sc2nnc(SCC(=O)c3ccccc3)s2)cc1. The summed E-state index contributed by atoms with van der Waals surface area (Å²) in [5.41, 5.74) is 2.53. The van der Waals surface area contributed by atoms with Crippen molar-refractivity contribution in [2.24, 2.45) is 0 Å². The largest absolute Gasteiger partial charge is 0.293 e. The molecule has 0 saturated heterocycles. The maximum Gasteiger partial charge on any atom is 0.175 e. The van der Waals surface area contributed by atoms with Gasteiger partial charge in [0, 0.05) is 11.1 Å². The summed E-state index contributed by atoms with van der Waals surface area (Å²) >= 11 is 4.19. The van der Waals surface area contributed by atoms with Crippen LogP contribution in [0.2, 0.25) is 0 Å². The Morgan fingerprint density at radius 3 is 2.33 bits per heavy atom. The first-order valence-electron chi connectivity index (χ1n) is 8.35. The summed E-state index contributed by atoms with van der Waals surface area (Å²) in [4.78, 5) is 24.7. The number of hydrogen-bond acceptors (Lipinski definition) is 7. The summed E-state index contributed by atoms with van der Waals surface area (Å²) in [6, 6.07) is 16.8. The van der Waals surface area contributed by atoms with Crippen molar-refractivity contribution in [1.82, 2.24) is 10.2 Å². The van der Waals surface area contributed by atoms with Crippen LogP contribution in [0.4, 0.5) is 0 Å². The number of benzene rings is 2. The smallest absolute Gasteiger partial charge is 0.175 e. The number of ketones is 2. The molecule has 3 rings (SSSR count). The van der Waals surface area contributed by atoms with Crippen molar-refractivity contribution in [3.05, 3.63) is 71.3 Å². The first-order chi connectivity index (χ1) is 13.0. The van der Waals surface area contributed by atoms with Crippen LogP contribution in [0.3, 0.4) is 0 Å². The third-order valence-corrected chi connectivity index (χ3v) is 7.03. The lowest BCUT2D eigenvalue weighted by atomic mass is 10.1. The highest BCUT2D eigenvalue weighted by Crippen LogP contribution is 2.32. The van der Waals surface area contributed by atoms with Gasteiger partial charge in [-0.25, -0.2) is 0 Å². The fraction of sp³-hybridized carbons (Fsp3) is 0.200. The van der Waals surface area contributed by atoms with Gasteiger partial charge in [-0.1, -0.05) is 95.0 Å². The van der Waals surface area contributed by atoms with E-state index < -0.39 is 0 Å². The number of thioether (sulfide) groups is 2. The number of carbonyl (C=O) groups excluding carboxylic acids is 2. The number of aromatic nitrogens is 2. The van der Waals surface area contributed by atoms with Crippen molar-refractivity contribution < 1.29 is 9.59 Å². The average Bonchev–Trinajstić information content (AvgIpc) is 3.14. The van der Waals surface area contributed by atoms with E-state index in [2.05, 4.69) is 10.2 Å². The molecular weight excluding hydrogens is 396 g/mol. The highest BCUT2D eigenvalue weighted by atomic mass is 32.2. The number of hydrogen-bond donors (Lipinski definition) is 0. The zero-order valence-electron chi connectivity index (χ0n) is 14.9. The zero-order chi connectivity index (χ0) is 19.2. The molecule has 0 saturated carbocycles. The Kier molecular flexibility index (Phi) is 6.82. The molecular formula is C20H18N2O2S3. The summed E-state index contributed by atoms with van der Waals surface area (Å²) < 4.78 is 1.47. The first kappa shape index (κ1) is 19.8.